The van der Waals surface area contributed by atoms with Crippen molar-refractivity contribution in [1.29, 1.82) is 0 Å². The summed E-state index contributed by atoms with van der Waals surface area (Å²) < 4.78 is 18.9. The second kappa shape index (κ2) is 9.85. The molecular formula is C24H29FN2O3. The zero-order valence-electron chi connectivity index (χ0n) is 17.8. The van der Waals surface area contributed by atoms with Gasteiger partial charge >= 0.3 is 0 Å². The molecule has 1 heterocycles. The van der Waals surface area contributed by atoms with Gasteiger partial charge in [0, 0.05) is 38.1 Å². The largest absolute Gasteiger partial charge is 0.483 e. The predicted octanol–water partition coefficient (Wildman–Crippen LogP) is 3.92. The summed E-state index contributed by atoms with van der Waals surface area (Å²) in [6.07, 6.45) is 0.388. The molecule has 5 nitrogen and oxygen atoms in total. The molecule has 0 aromatic heterocycles. The molecule has 1 fully saturated rings. The monoisotopic (exact) mass is 412 g/mol. The molecule has 0 spiro atoms. The number of Topliss-reactive ketones (excluding diaryl/α,β-unsaturated/α-hetero) is 1. The first-order valence-electron chi connectivity index (χ1n) is 10.4. The summed E-state index contributed by atoms with van der Waals surface area (Å²) in [5.41, 5.74) is 1.56. The fourth-order valence-corrected chi connectivity index (χ4v) is 3.83. The topological polar surface area (TPSA) is 49.9 Å². The van der Waals surface area contributed by atoms with Gasteiger partial charge in [0.25, 0.3) is 5.91 Å². The highest BCUT2D eigenvalue weighted by Gasteiger charge is 2.32. The van der Waals surface area contributed by atoms with Crippen LogP contribution in [0.25, 0.3) is 0 Å². The summed E-state index contributed by atoms with van der Waals surface area (Å²) >= 11 is 0. The van der Waals surface area contributed by atoms with Crippen molar-refractivity contribution >= 4 is 11.7 Å². The van der Waals surface area contributed by atoms with Crippen LogP contribution in [-0.2, 0) is 11.3 Å². The molecule has 6 heteroatoms. The Bertz CT molecular complexity index is 884. The van der Waals surface area contributed by atoms with Crippen LogP contribution in [0.3, 0.4) is 0 Å². The molecule has 1 aliphatic rings. The van der Waals surface area contributed by atoms with E-state index < -0.39 is 0 Å². The minimum absolute atomic E-state index is 0.00514. The van der Waals surface area contributed by atoms with Crippen molar-refractivity contribution in [3.63, 3.8) is 0 Å². The Balaban J connectivity index is 1.59. The van der Waals surface area contributed by atoms with E-state index in [0.717, 1.165) is 18.7 Å². The molecule has 2 atom stereocenters. The summed E-state index contributed by atoms with van der Waals surface area (Å²) in [7, 11) is 0. The third kappa shape index (κ3) is 5.25. The predicted molar refractivity (Wildman–Crippen MR) is 114 cm³/mol. The van der Waals surface area contributed by atoms with E-state index in [9.17, 15) is 14.0 Å². The lowest BCUT2D eigenvalue weighted by molar-refractivity contribution is -0.139. The van der Waals surface area contributed by atoms with Crippen molar-refractivity contribution in [2.45, 2.75) is 45.8 Å². The molecular weight excluding hydrogens is 383 g/mol. The Morgan fingerprint density at radius 2 is 1.73 bits per heavy atom. The first-order chi connectivity index (χ1) is 14.4. The highest BCUT2D eigenvalue weighted by molar-refractivity contribution is 5.98. The van der Waals surface area contributed by atoms with Gasteiger partial charge in [-0.3, -0.25) is 14.5 Å². The average molecular weight is 413 g/mol. The molecule has 1 saturated heterocycles. The quantitative estimate of drug-likeness (QED) is 0.647. The number of hydrogen-bond donors (Lipinski definition) is 0. The number of para-hydroxylation sites is 1. The van der Waals surface area contributed by atoms with Crippen molar-refractivity contribution in [3.8, 4) is 5.75 Å². The van der Waals surface area contributed by atoms with E-state index in [-0.39, 0.29) is 36.2 Å². The Morgan fingerprint density at radius 1 is 1.03 bits per heavy atom. The molecule has 1 aliphatic heterocycles. The number of amides is 1. The number of ketones is 1. The van der Waals surface area contributed by atoms with Crippen LogP contribution in [0.15, 0.2) is 48.5 Å². The Morgan fingerprint density at radius 3 is 2.43 bits per heavy atom. The number of ether oxygens (including phenoxy) is 1. The van der Waals surface area contributed by atoms with Crippen molar-refractivity contribution < 1.29 is 18.7 Å². The highest BCUT2D eigenvalue weighted by Crippen LogP contribution is 2.21. The number of halogens is 1. The van der Waals surface area contributed by atoms with Gasteiger partial charge in [-0.2, -0.15) is 0 Å². The van der Waals surface area contributed by atoms with Crippen LogP contribution in [0.5, 0.6) is 5.75 Å². The minimum atomic E-state index is -0.238. The molecule has 2 aromatic carbocycles. The van der Waals surface area contributed by atoms with Crippen LogP contribution < -0.4 is 4.74 Å². The number of benzene rings is 2. The summed E-state index contributed by atoms with van der Waals surface area (Å²) in [5, 5.41) is 0. The molecule has 2 aromatic rings. The van der Waals surface area contributed by atoms with Gasteiger partial charge in [0.05, 0.1) is 5.56 Å². The normalized spacial score (nSPS) is 19.5. The summed E-state index contributed by atoms with van der Waals surface area (Å²) in [6, 6.07) is 13.8. The van der Waals surface area contributed by atoms with Crippen molar-refractivity contribution in [2.24, 2.45) is 0 Å². The molecule has 30 heavy (non-hydrogen) atoms. The van der Waals surface area contributed by atoms with E-state index in [1.165, 1.54) is 12.1 Å². The van der Waals surface area contributed by atoms with Crippen molar-refractivity contribution in [3.05, 3.63) is 65.5 Å². The highest BCUT2D eigenvalue weighted by atomic mass is 19.1. The number of piperazine rings is 1. The van der Waals surface area contributed by atoms with Crippen molar-refractivity contribution in [2.75, 3.05) is 19.7 Å². The molecule has 0 bridgehead atoms. The molecule has 0 unspecified atom stereocenters. The Hall–Kier alpha value is -2.73. The molecule has 160 valence electrons. The lowest BCUT2D eigenvalue weighted by atomic mass is 10.1. The van der Waals surface area contributed by atoms with Gasteiger partial charge in [0.1, 0.15) is 11.6 Å². The number of rotatable bonds is 7. The zero-order chi connectivity index (χ0) is 21.7. The Labute approximate surface area is 177 Å². The van der Waals surface area contributed by atoms with Gasteiger partial charge in [-0.1, -0.05) is 31.2 Å². The van der Waals surface area contributed by atoms with Crippen LogP contribution in [0.2, 0.25) is 0 Å². The van der Waals surface area contributed by atoms with E-state index >= 15 is 0 Å². The van der Waals surface area contributed by atoms with Gasteiger partial charge in [-0.05, 0) is 43.7 Å². The summed E-state index contributed by atoms with van der Waals surface area (Å²) in [4.78, 5) is 29.1. The lowest BCUT2D eigenvalue weighted by Gasteiger charge is -2.44. The second-order valence-electron chi connectivity index (χ2n) is 7.86. The standard InChI is InChI=1S/C24H29FN2O3/c1-4-22(28)21-7-5-6-8-23(21)30-16-24(29)27-14-17(2)26(13-18(27)3)15-19-9-11-20(25)12-10-19/h5-12,17-18H,4,13-16H2,1-3H3/t17-,18+/m0/s1. The van der Waals surface area contributed by atoms with E-state index in [1.807, 2.05) is 11.8 Å². The molecule has 0 radical (unpaired) electrons. The van der Waals surface area contributed by atoms with Gasteiger partial charge in [-0.25, -0.2) is 4.39 Å². The molecule has 1 amide bonds. The van der Waals surface area contributed by atoms with Crippen LogP contribution in [0.4, 0.5) is 4.39 Å². The summed E-state index contributed by atoms with van der Waals surface area (Å²) in [5.74, 6) is 0.120. The van der Waals surface area contributed by atoms with E-state index in [1.54, 1.807) is 43.3 Å². The smallest absolute Gasteiger partial charge is 0.260 e. The number of carbonyl (C=O) groups excluding carboxylic acids is 2. The number of hydrogen-bond acceptors (Lipinski definition) is 4. The van der Waals surface area contributed by atoms with E-state index in [0.29, 0.717) is 24.3 Å². The maximum atomic E-state index is 13.1. The van der Waals surface area contributed by atoms with Gasteiger partial charge in [-0.15, -0.1) is 0 Å². The third-order valence-electron chi connectivity index (χ3n) is 5.59. The maximum Gasteiger partial charge on any atom is 0.260 e. The molecule has 0 N–H and O–H groups in total. The maximum absolute atomic E-state index is 13.1. The number of nitrogens with zero attached hydrogens (tertiary/aromatic N) is 2. The molecule has 0 aliphatic carbocycles. The lowest BCUT2D eigenvalue weighted by Crippen LogP contribution is -2.58. The first-order valence-corrected chi connectivity index (χ1v) is 10.4. The van der Waals surface area contributed by atoms with Gasteiger partial charge < -0.3 is 9.64 Å². The van der Waals surface area contributed by atoms with E-state index in [4.69, 9.17) is 4.74 Å². The van der Waals surface area contributed by atoms with Crippen LogP contribution in [0, 0.1) is 5.82 Å². The Kier molecular flexibility index (Phi) is 7.21. The van der Waals surface area contributed by atoms with Crippen LogP contribution >= 0.6 is 0 Å². The van der Waals surface area contributed by atoms with Gasteiger partial charge in [0.2, 0.25) is 0 Å². The van der Waals surface area contributed by atoms with Crippen molar-refractivity contribution in [1.82, 2.24) is 9.80 Å². The average Bonchev–Trinajstić information content (AvgIpc) is 2.75. The van der Waals surface area contributed by atoms with Gasteiger partial charge in [0.15, 0.2) is 12.4 Å². The fourth-order valence-electron chi connectivity index (χ4n) is 3.83. The first kappa shape index (κ1) is 22.0. The summed E-state index contributed by atoms with van der Waals surface area (Å²) in [6.45, 7) is 7.87. The fraction of sp³-hybridized carbons (Fsp3) is 0.417. The number of carbonyl (C=O) groups is 2. The third-order valence-corrected chi connectivity index (χ3v) is 5.59. The minimum Gasteiger partial charge on any atom is -0.483 e. The van der Waals surface area contributed by atoms with Crippen LogP contribution in [0.1, 0.15) is 43.1 Å². The zero-order valence-corrected chi connectivity index (χ0v) is 17.8. The van der Waals surface area contributed by atoms with Crippen LogP contribution in [-0.4, -0.2) is 53.3 Å². The molecule has 0 saturated carbocycles. The molecule has 3 rings (SSSR count). The SMILES string of the molecule is CCC(=O)c1ccccc1OCC(=O)N1C[C@H](C)N(Cc2ccc(F)cc2)C[C@H]1C. The second-order valence-corrected chi connectivity index (χ2v) is 7.86. The van der Waals surface area contributed by atoms with E-state index in [2.05, 4.69) is 11.8 Å².